The van der Waals surface area contributed by atoms with Crippen LogP contribution in [0.2, 0.25) is 0 Å². The molecule has 1 aromatic rings. The molecule has 0 bridgehead atoms. The highest BCUT2D eigenvalue weighted by Gasteiger charge is 2.42. The smallest absolute Gasteiger partial charge is 0.257 e. The fourth-order valence-corrected chi connectivity index (χ4v) is 3.95. The highest BCUT2D eigenvalue weighted by molar-refractivity contribution is 5.93. The first-order valence-electron chi connectivity index (χ1n) is 9.17. The van der Waals surface area contributed by atoms with Crippen LogP contribution in [0.15, 0.2) is 12.4 Å². The summed E-state index contributed by atoms with van der Waals surface area (Å²) in [5.41, 5.74) is 0.439. The Morgan fingerprint density at radius 2 is 2.00 bits per heavy atom. The second-order valence-electron chi connectivity index (χ2n) is 7.58. The van der Waals surface area contributed by atoms with E-state index < -0.39 is 0 Å². The van der Waals surface area contributed by atoms with Crippen molar-refractivity contribution in [3.63, 3.8) is 0 Å². The van der Waals surface area contributed by atoms with Crippen LogP contribution >= 0.6 is 0 Å². The fourth-order valence-electron chi connectivity index (χ4n) is 3.95. The second kappa shape index (κ2) is 6.37. The van der Waals surface area contributed by atoms with Gasteiger partial charge in [-0.05, 0) is 32.7 Å². The molecule has 3 aliphatic rings. The van der Waals surface area contributed by atoms with Gasteiger partial charge in [0.15, 0.2) is 0 Å². The molecule has 1 spiro atoms. The van der Waals surface area contributed by atoms with Gasteiger partial charge in [0.1, 0.15) is 5.82 Å². The number of carbonyl (C=O) groups excluding carboxylic acids is 2. The number of hydrogen-bond donors (Lipinski definition) is 1. The molecule has 2 amide bonds. The van der Waals surface area contributed by atoms with Crippen molar-refractivity contribution in [3.8, 4) is 0 Å². The number of carbonyl (C=O) groups is 2. The molecular formula is C18H25N5O2. The minimum Gasteiger partial charge on any atom is -0.356 e. The number of nitrogens with zero attached hydrogens (tertiary/aromatic N) is 4. The molecule has 7 nitrogen and oxygen atoms in total. The van der Waals surface area contributed by atoms with Crippen molar-refractivity contribution in [2.75, 3.05) is 33.2 Å². The first kappa shape index (κ1) is 16.4. The molecule has 7 heteroatoms. The van der Waals surface area contributed by atoms with Gasteiger partial charge in [-0.25, -0.2) is 9.97 Å². The summed E-state index contributed by atoms with van der Waals surface area (Å²) in [6.45, 7) is 2.84. The lowest BCUT2D eigenvalue weighted by molar-refractivity contribution is -0.121. The molecule has 1 aliphatic carbocycles. The number of amides is 2. The quantitative estimate of drug-likeness (QED) is 0.859. The standard InChI is InChI=1S/C18H25N5O2/c1-22-8-9-23(12-18(22)5-4-15(24)19-7-6-18)17(25)14-10-20-16(21-11-14)13-2-3-13/h10-11,13H,2-9,12H2,1H3,(H,19,24)/t18-/m0/s1. The number of hydrogen-bond acceptors (Lipinski definition) is 5. The summed E-state index contributed by atoms with van der Waals surface area (Å²) in [7, 11) is 2.10. The van der Waals surface area contributed by atoms with Crippen LogP contribution in [0.5, 0.6) is 0 Å². The molecule has 134 valence electrons. The van der Waals surface area contributed by atoms with Crippen LogP contribution in [-0.4, -0.2) is 70.3 Å². The van der Waals surface area contributed by atoms with Gasteiger partial charge in [0, 0.05) is 56.5 Å². The fraction of sp³-hybridized carbons (Fsp3) is 0.667. The summed E-state index contributed by atoms with van der Waals surface area (Å²) >= 11 is 0. The van der Waals surface area contributed by atoms with E-state index >= 15 is 0 Å². The van der Waals surface area contributed by atoms with Crippen molar-refractivity contribution < 1.29 is 9.59 Å². The van der Waals surface area contributed by atoms with E-state index in [0.717, 1.165) is 38.1 Å². The van der Waals surface area contributed by atoms with E-state index in [0.29, 0.717) is 37.5 Å². The number of likely N-dealkylation sites (N-methyl/N-ethyl adjacent to an activating group) is 1. The zero-order valence-corrected chi connectivity index (χ0v) is 14.7. The average molecular weight is 343 g/mol. The van der Waals surface area contributed by atoms with Crippen molar-refractivity contribution in [2.24, 2.45) is 0 Å². The van der Waals surface area contributed by atoms with Gasteiger partial charge >= 0.3 is 0 Å². The highest BCUT2D eigenvalue weighted by Crippen LogP contribution is 2.37. The van der Waals surface area contributed by atoms with Gasteiger partial charge in [0.05, 0.1) is 5.56 Å². The van der Waals surface area contributed by atoms with Crippen LogP contribution in [0.1, 0.15) is 54.2 Å². The molecule has 0 aromatic carbocycles. The van der Waals surface area contributed by atoms with Gasteiger partial charge in [0.2, 0.25) is 5.91 Å². The van der Waals surface area contributed by atoms with E-state index in [1.165, 1.54) is 0 Å². The molecule has 1 aromatic heterocycles. The van der Waals surface area contributed by atoms with E-state index in [1.54, 1.807) is 12.4 Å². The van der Waals surface area contributed by atoms with Gasteiger partial charge in [-0.3, -0.25) is 14.5 Å². The third-order valence-electron chi connectivity index (χ3n) is 5.88. The molecule has 3 heterocycles. The average Bonchev–Trinajstić information content (AvgIpc) is 3.47. The van der Waals surface area contributed by atoms with Crippen LogP contribution in [0, 0.1) is 0 Å². The molecule has 1 N–H and O–H groups in total. The summed E-state index contributed by atoms with van der Waals surface area (Å²) in [6.07, 6.45) is 7.83. The molecule has 4 rings (SSSR count). The Bertz CT molecular complexity index is 673. The van der Waals surface area contributed by atoms with E-state index in [9.17, 15) is 9.59 Å². The normalized spacial score (nSPS) is 27.9. The van der Waals surface area contributed by atoms with Crippen molar-refractivity contribution in [1.82, 2.24) is 25.1 Å². The van der Waals surface area contributed by atoms with Crippen LogP contribution in [0.4, 0.5) is 0 Å². The predicted octanol–water partition coefficient (Wildman–Crippen LogP) is 0.780. The SMILES string of the molecule is CN1CCN(C(=O)c2cnc(C3CC3)nc2)C[C@]12CCNC(=O)CC2. The van der Waals surface area contributed by atoms with Gasteiger partial charge in [-0.1, -0.05) is 0 Å². The Kier molecular flexibility index (Phi) is 4.19. The van der Waals surface area contributed by atoms with Crippen LogP contribution in [-0.2, 0) is 4.79 Å². The number of piperazine rings is 1. The Hall–Kier alpha value is -2.02. The molecule has 0 radical (unpaired) electrons. The summed E-state index contributed by atoms with van der Waals surface area (Å²) in [5.74, 6) is 1.46. The first-order chi connectivity index (χ1) is 12.1. The third kappa shape index (κ3) is 3.25. The minimum absolute atomic E-state index is 0.00152. The van der Waals surface area contributed by atoms with Gasteiger partial charge in [-0.15, -0.1) is 0 Å². The monoisotopic (exact) mass is 343 g/mol. The molecule has 1 saturated carbocycles. The molecule has 2 saturated heterocycles. The van der Waals surface area contributed by atoms with Crippen LogP contribution in [0.3, 0.4) is 0 Å². The van der Waals surface area contributed by atoms with Gasteiger partial charge < -0.3 is 10.2 Å². The zero-order valence-electron chi connectivity index (χ0n) is 14.7. The lowest BCUT2D eigenvalue weighted by atomic mass is 9.86. The number of aromatic nitrogens is 2. The summed E-state index contributed by atoms with van der Waals surface area (Å²) < 4.78 is 0. The third-order valence-corrected chi connectivity index (χ3v) is 5.88. The Balaban J connectivity index is 1.49. The van der Waals surface area contributed by atoms with E-state index in [-0.39, 0.29) is 17.4 Å². The molecule has 3 fully saturated rings. The van der Waals surface area contributed by atoms with Crippen molar-refractivity contribution >= 4 is 11.8 Å². The van der Waals surface area contributed by atoms with Crippen molar-refractivity contribution in [3.05, 3.63) is 23.8 Å². The summed E-state index contributed by atoms with van der Waals surface area (Å²) in [5, 5.41) is 2.95. The topological polar surface area (TPSA) is 78.4 Å². The van der Waals surface area contributed by atoms with E-state index in [2.05, 4.69) is 27.2 Å². The lowest BCUT2D eigenvalue weighted by Crippen LogP contribution is -2.62. The molecule has 0 unspecified atom stereocenters. The van der Waals surface area contributed by atoms with E-state index in [1.807, 2.05) is 4.90 Å². The summed E-state index contributed by atoms with van der Waals surface area (Å²) in [4.78, 5) is 37.6. The maximum absolute atomic E-state index is 12.9. The molecular weight excluding hydrogens is 318 g/mol. The molecule has 1 atom stereocenters. The Morgan fingerprint density at radius 1 is 1.24 bits per heavy atom. The van der Waals surface area contributed by atoms with Crippen molar-refractivity contribution in [1.29, 1.82) is 0 Å². The van der Waals surface area contributed by atoms with E-state index in [4.69, 9.17) is 0 Å². The highest BCUT2D eigenvalue weighted by atomic mass is 16.2. The summed E-state index contributed by atoms with van der Waals surface area (Å²) in [6, 6.07) is 0. The maximum Gasteiger partial charge on any atom is 0.257 e. The zero-order chi connectivity index (χ0) is 17.4. The predicted molar refractivity (Wildman–Crippen MR) is 92.1 cm³/mol. The molecule has 25 heavy (non-hydrogen) atoms. The number of rotatable bonds is 2. The Labute approximate surface area is 147 Å². The minimum atomic E-state index is -0.123. The van der Waals surface area contributed by atoms with Crippen molar-refractivity contribution in [2.45, 2.75) is 43.6 Å². The van der Waals surface area contributed by atoms with Crippen LogP contribution < -0.4 is 5.32 Å². The second-order valence-corrected chi connectivity index (χ2v) is 7.58. The molecule has 2 aliphatic heterocycles. The van der Waals surface area contributed by atoms with Gasteiger partial charge in [0.25, 0.3) is 5.91 Å². The van der Waals surface area contributed by atoms with Gasteiger partial charge in [-0.2, -0.15) is 0 Å². The number of nitrogens with one attached hydrogen (secondary N) is 1. The Morgan fingerprint density at radius 3 is 2.72 bits per heavy atom. The lowest BCUT2D eigenvalue weighted by Gasteiger charge is -2.49. The maximum atomic E-state index is 12.9. The largest absolute Gasteiger partial charge is 0.356 e. The van der Waals surface area contributed by atoms with Crippen LogP contribution in [0.25, 0.3) is 0 Å². The first-order valence-corrected chi connectivity index (χ1v) is 9.17.